The van der Waals surface area contributed by atoms with E-state index in [9.17, 15) is 4.79 Å². The summed E-state index contributed by atoms with van der Waals surface area (Å²) in [6, 6.07) is 0. The minimum absolute atomic E-state index is 0.266. The van der Waals surface area contributed by atoms with Crippen LogP contribution in [0.3, 0.4) is 0 Å². The molecular formula is C13H20N4O2. The Morgan fingerprint density at radius 1 is 1.47 bits per heavy atom. The zero-order chi connectivity index (χ0) is 13.7. The molecule has 1 N–H and O–H groups in total. The molecule has 19 heavy (non-hydrogen) atoms. The van der Waals surface area contributed by atoms with Crippen LogP contribution < -0.4 is 5.32 Å². The number of hydrogen-bond donors (Lipinski definition) is 1. The van der Waals surface area contributed by atoms with Crippen LogP contribution in [0.1, 0.15) is 19.5 Å². The fraction of sp³-hybridized carbons (Fsp3) is 0.615. The van der Waals surface area contributed by atoms with E-state index in [1.807, 2.05) is 13.8 Å². The Labute approximate surface area is 113 Å². The third-order valence-corrected chi connectivity index (χ3v) is 3.48. The predicted molar refractivity (Wildman–Crippen MR) is 70.5 cm³/mol. The van der Waals surface area contributed by atoms with Crippen molar-refractivity contribution in [2.45, 2.75) is 19.4 Å². The normalized spacial score (nSPS) is 19.7. The quantitative estimate of drug-likeness (QED) is 0.781. The molecule has 0 spiro atoms. The molecule has 1 aromatic rings. The fourth-order valence-corrected chi connectivity index (χ4v) is 2.33. The molecule has 0 aromatic carbocycles. The summed E-state index contributed by atoms with van der Waals surface area (Å²) in [4.78, 5) is 22.9. The smallest absolute Gasteiger partial charge is 0.332 e. The lowest BCUT2D eigenvalue weighted by molar-refractivity contribution is -0.158. The topological polar surface area (TPSA) is 67.3 Å². The third kappa shape index (κ3) is 2.74. The third-order valence-electron chi connectivity index (χ3n) is 3.48. The summed E-state index contributed by atoms with van der Waals surface area (Å²) in [5.74, 6) is -0.266. The molecule has 1 saturated heterocycles. The highest BCUT2D eigenvalue weighted by molar-refractivity contribution is 5.81. The van der Waals surface area contributed by atoms with E-state index in [-0.39, 0.29) is 5.97 Å². The Hall–Kier alpha value is -1.53. The Morgan fingerprint density at radius 3 is 2.79 bits per heavy atom. The van der Waals surface area contributed by atoms with Gasteiger partial charge in [0, 0.05) is 38.6 Å². The summed E-state index contributed by atoms with van der Waals surface area (Å²) in [7, 11) is 0. The highest BCUT2D eigenvalue weighted by Crippen LogP contribution is 2.28. The van der Waals surface area contributed by atoms with Gasteiger partial charge in [-0.05, 0) is 13.8 Å². The second-order valence-corrected chi connectivity index (χ2v) is 4.62. The molecule has 1 atom stereocenters. The number of carbonyl (C=O) groups excluding carboxylic acids is 1. The van der Waals surface area contributed by atoms with Gasteiger partial charge in [0.1, 0.15) is 0 Å². The van der Waals surface area contributed by atoms with Gasteiger partial charge in [-0.15, -0.1) is 0 Å². The van der Waals surface area contributed by atoms with Crippen LogP contribution >= 0.6 is 0 Å². The Kier molecular flexibility index (Phi) is 4.44. The maximum atomic E-state index is 12.4. The molecule has 1 unspecified atom stereocenters. The van der Waals surface area contributed by atoms with Crippen LogP contribution in [0.15, 0.2) is 18.6 Å². The summed E-state index contributed by atoms with van der Waals surface area (Å²) < 4.78 is 5.25. The van der Waals surface area contributed by atoms with Crippen molar-refractivity contribution in [3.05, 3.63) is 24.3 Å². The number of carbonyl (C=O) groups is 1. The van der Waals surface area contributed by atoms with Crippen molar-refractivity contribution in [1.29, 1.82) is 0 Å². The van der Waals surface area contributed by atoms with Crippen LogP contribution in [-0.2, 0) is 15.1 Å². The number of nitrogens with zero attached hydrogens (tertiary/aromatic N) is 3. The van der Waals surface area contributed by atoms with Gasteiger partial charge in [0.15, 0.2) is 5.54 Å². The van der Waals surface area contributed by atoms with Crippen molar-refractivity contribution < 1.29 is 9.53 Å². The lowest BCUT2D eigenvalue weighted by Gasteiger charge is -2.40. The maximum Gasteiger partial charge on any atom is 0.332 e. The van der Waals surface area contributed by atoms with Crippen LogP contribution in [0.2, 0.25) is 0 Å². The molecule has 1 aromatic heterocycles. The molecule has 2 rings (SSSR count). The van der Waals surface area contributed by atoms with Crippen molar-refractivity contribution in [2.24, 2.45) is 0 Å². The van der Waals surface area contributed by atoms with Crippen molar-refractivity contribution in [3.8, 4) is 0 Å². The number of esters is 1. The molecule has 0 amide bonds. The van der Waals surface area contributed by atoms with Crippen molar-refractivity contribution >= 4 is 5.97 Å². The second-order valence-electron chi connectivity index (χ2n) is 4.62. The minimum atomic E-state index is -0.869. The zero-order valence-corrected chi connectivity index (χ0v) is 11.4. The molecule has 1 fully saturated rings. The van der Waals surface area contributed by atoms with E-state index in [0.29, 0.717) is 12.3 Å². The first-order chi connectivity index (χ1) is 9.19. The molecule has 6 nitrogen and oxygen atoms in total. The first-order valence-corrected chi connectivity index (χ1v) is 6.59. The zero-order valence-electron chi connectivity index (χ0n) is 11.4. The first-order valence-electron chi connectivity index (χ1n) is 6.59. The molecule has 2 heterocycles. The van der Waals surface area contributed by atoms with Gasteiger partial charge < -0.3 is 10.1 Å². The first kappa shape index (κ1) is 13.9. The van der Waals surface area contributed by atoms with Crippen LogP contribution in [0, 0.1) is 0 Å². The van der Waals surface area contributed by atoms with Gasteiger partial charge >= 0.3 is 5.97 Å². The SMILES string of the molecule is CCOC(=O)C(C)(c1cnccn1)N1CCNCC1. The monoisotopic (exact) mass is 264 g/mol. The lowest BCUT2D eigenvalue weighted by atomic mass is 9.94. The summed E-state index contributed by atoms with van der Waals surface area (Å²) in [5.41, 5.74) is -0.234. The summed E-state index contributed by atoms with van der Waals surface area (Å²) in [6.07, 6.45) is 4.85. The lowest BCUT2D eigenvalue weighted by Crippen LogP contribution is -2.57. The highest BCUT2D eigenvalue weighted by Gasteiger charge is 2.44. The van der Waals surface area contributed by atoms with E-state index in [2.05, 4.69) is 20.2 Å². The van der Waals surface area contributed by atoms with Gasteiger partial charge in [-0.25, -0.2) is 4.79 Å². The van der Waals surface area contributed by atoms with Crippen LogP contribution in [-0.4, -0.2) is 53.6 Å². The largest absolute Gasteiger partial charge is 0.464 e. The van der Waals surface area contributed by atoms with E-state index in [0.717, 1.165) is 26.2 Å². The van der Waals surface area contributed by atoms with Gasteiger partial charge in [-0.2, -0.15) is 0 Å². The summed E-state index contributed by atoms with van der Waals surface area (Å²) in [6.45, 7) is 7.32. The Morgan fingerprint density at radius 2 is 2.21 bits per heavy atom. The molecule has 0 saturated carbocycles. The summed E-state index contributed by atoms with van der Waals surface area (Å²) in [5, 5.41) is 3.28. The standard InChI is InChI=1S/C13H20N4O2/c1-3-19-12(18)13(2,11-10-15-4-5-16-11)17-8-6-14-7-9-17/h4-5,10,14H,3,6-9H2,1-2H3. The fourth-order valence-electron chi connectivity index (χ4n) is 2.33. The number of piperazine rings is 1. The maximum absolute atomic E-state index is 12.4. The number of hydrogen-bond acceptors (Lipinski definition) is 6. The van der Waals surface area contributed by atoms with Crippen molar-refractivity contribution in [3.63, 3.8) is 0 Å². The average Bonchev–Trinajstić information content (AvgIpc) is 2.48. The average molecular weight is 264 g/mol. The second kappa shape index (κ2) is 6.08. The molecule has 1 aliphatic heterocycles. The number of nitrogens with one attached hydrogen (secondary N) is 1. The van der Waals surface area contributed by atoms with Gasteiger partial charge in [0.2, 0.25) is 0 Å². The Balaban J connectivity index is 2.34. The number of aromatic nitrogens is 2. The predicted octanol–water partition coefficient (Wildman–Crippen LogP) is 0.160. The van der Waals surface area contributed by atoms with E-state index in [1.165, 1.54) is 0 Å². The van der Waals surface area contributed by atoms with Gasteiger partial charge in [-0.1, -0.05) is 0 Å². The van der Waals surface area contributed by atoms with Crippen molar-refractivity contribution in [1.82, 2.24) is 20.2 Å². The molecule has 0 aliphatic carbocycles. The Bertz CT molecular complexity index is 420. The van der Waals surface area contributed by atoms with Gasteiger partial charge in [0.05, 0.1) is 18.5 Å². The van der Waals surface area contributed by atoms with Crippen molar-refractivity contribution in [2.75, 3.05) is 32.8 Å². The molecule has 1 aliphatic rings. The van der Waals surface area contributed by atoms with Crippen LogP contribution in [0.4, 0.5) is 0 Å². The number of rotatable bonds is 4. The molecule has 0 radical (unpaired) electrons. The van der Waals surface area contributed by atoms with E-state index in [1.54, 1.807) is 18.6 Å². The number of ether oxygens (including phenoxy) is 1. The summed E-state index contributed by atoms with van der Waals surface area (Å²) >= 11 is 0. The van der Waals surface area contributed by atoms with E-state index in [4.69, 9.17) is 4.74 Å². The molecular weight excluding hydrogens is 244 g/mol. The van der Waals surface area contributed by atoms with E-state index < -0.39 is 5.54 Å². The van der Waals surface area contributed by atoms with Crippen LogP contribution in [0.5, 0.6) is 0 Å². The van der Waals surface area contributed by atoms with Crippen LogP contribution in [0.25, 0.3) is 0 Å². The highest BCUT2D eigenvalue weighted by atomic mass is 16.5. The molecule has 6 heteroatoms. The molecule has 104 valence electrons. The van der Waals surface area contributed by atoms with Gasteiger partial charge in [0.25, 0.3) is 0 Å². The van der Waals surface area contributed by atoms with Gasteiger partial charge in [-0.3, -0.25) is 14.9 Å². The van der Waals surface area contributed by atoms with E-state index >= 15 is 0 Å². The molecule has 0 bridgehead atoms. The minimum Gasteiger partial charge on any atom is -0.464 e.